The SMILES string of the molecule is CN(C)[C@@H]1C(O)=C(C(N)=O)C(=O)[C@@]2(O)C(O)=C3C(=O)c4c(O)ccc(Cl)c4[C@@H](O)[C@H]3C[C@@H]12.O=S(=O)(O)O. The number of halogens is 1. The fourth-order valence-electron chi connectivity index (χ4n) is 5.25. The highest BCUT2D eigenvalue weighted by atomic mass is 35.5. The Morgan fingerprint density at radius 3 is 2.19 bits per heavy atom. The number of ketones is 2. The number of amides is 1. The van der Waals surface area contributed by atoms with E-state index >= 15 is 0 Å². The number of rotatable bonds is 2. The highest BCUT2D eigenvalue weighted by Gasteiger charge is 2.64. The number of phenols is 1. The second kappa shape index (κ2) is 9.36. The van der Waals surface area contributed by atoms with Gasteiger partial charge < -0.3 is 31.3 Å². The standard InChI is InChI=1S/C21H21ClN2O8.H2O4S/c1-24(2)14-7-5-6-10(16(27)12-9(25)4-3-8(22)11(12)15(6)26)18(29)21(7,32)19(30)13(17(14)28)20(23)31;1-5(2,3)4/h3-4,6-7,14-15,25-26,28-29,32H,5H2,1-2H3,(H2,23,31);(H2,1,2,3,4)/t6-,7-,14-,15-,21-;/m0./s1. The highest BCUT2D eigenvalue weighted by Crippen LogP contribution is 2.55. The third kappa shape index (κ3) is 4.48. The number of phenolic OH excluding ortho intramolecular Hbond substituents is 1. The lowest BCUT2D eigenvalue weighted by molar-refractivity contribution is -0.149. The maximum atomic E-state index is 13.3. The molecule has 0 spiro atoms. The van der Waals surface area contributed by atoms with Crippen molar-refractivity contribution in [2.24, 2.45) is 17.6 Å². The Balaban J connectivity index is 0.000000695. The van der Waals surface area contributed by atoms with E-state index < -0.39 is 85.9 Å². The summed E-state index contributed by atoms with van der Waals surface area (Å²) in [7, 11) is -1.64. The van der Waals surface area contributed by atoms with Crippen LogP contribution in [0.5, 0.6) is 5.75 Å². The minimum Gasteiger partial charge on any atom is -0.510 e. The second-order valence-corrected chi connectivity index (χ2v) is 10.2. The maximum absolute atomic E-state index is 13.3. The molecule has 9 N–H and O–H groups in total. The van der Waals surface area contributed by atoms with Crippen LogP contribution in [-0.2, 0) is 20.0 Å². The van der Waals surface area contributed by atoms with E-state index in [1.165, 1.54) is 25.1 Å². The van der Waals surface area contributed by atoms with Gasteiger partial charge in [-0.15, -0.1) is 0 Å². The molecular formula is C21H23ClN2O12S. The van der Waals surface area contributed by atoms with Crippen LogP contribution in [0.4, 0.5) is 0 Å². The van der Waals surface area contributed by atoms with E-state index in [2.05, 4.69) is 0 Å². The zero-order chi connectivity index (χ0) is 28.4. The van der Waals surface area contributed by atoms with Crippen LogP contribution in [0.1, 0.15) is 28.4 Å². The van der Waals surface area contributed by atoms with Gasteiger partial charge in [-0.1, -0.05) is 11.6 Å². The number of aliphatic hydroxyl groups excluding tert-OH is 3. The molecule has 0 saturated carbocycles. The third-order valence-electron chi connectivity index (χ3n) is 6.64. The average Bonchev–Trinajstić information content (AvgIpc) is 2.74. The lowest BCUT2D eigenvalue weighted by Crippen LogP contribution is -2.64. The topological polar surface area (TPSA) is 256 Å². The molecule has 1 amide bonds. The van der Waals surface area contributed by atoms with Crippen LogP contribution >= 0.6 is 11.6 Å². The summed E-state index contributed by atoms with van der Waals surface area (Å²) in [6.45, 7) is 0. The number of likely N-dealkylation sites (N-methyl/N-ethyl adjacent to an activating group) is 1. The first-order chi connectivity index (χ1) is 16.8. The lowest BCUT2D eigenvalue weighted by Gasteiger charge is -2.50. The van der Waals surface area contributed by atoms with Gasteiger partial charge in [0, 0.05) is 28.0 Å². The van der Waals surface area contributed by atoms with Gasteiger partial charge in [0.2, 0.25) is 5.78 Å². The minimum absolute atomic E-state index is 0.0145. The summed E-state index contributed by atoms with van der Waals surface area (Å²) in [4.78, 5) is 39.7. The van der Waals surface area contributed by atoms with E-state index in [0.717, 1.165) is 6.07 Å². The van der Waals surface area contributed by atoms with Crippen molar-refractivity contribution in [2.75, 3.05) is 14.1 Å². The van der Waals surface area contributed by atoms with E-state index in [1.807, 2.05) is 0 Å². The van der Waals surface area contributed by atoms with Crippen LogP contribution < -0.4 is 5.73 Å². The second-order valence-electron chi connectivity index (χ2n) is 8.92. The van der Waals surface area contributed by atoms with Crippen molar-refractivity contribution in [2.45, 2.75) is 24.2 Å². The van der Waals surface area contributed by atoms with Crippen molar-refractivity contribution in [3.63, 3.8) is 0 Å². The van der Waals surface area contributed by atoms with Crippen molar-refractivity contribution in [3.8, 4) is 5.75 Å². The third-order valence-corrected chi connectivity index (χ3v) is 6.97. The summed E-state index contributed by atoms with van der Waals surface area (Å²) < 4.78 is 31.6. The molecule has 0 unspecified atom stereocenters. The number of nitrogens with two attached hydrogens (primary N) is 1. The quantitative estimate of drug-likeness (QED) is 0.169. The van der Waals surface area contributed by atoms with Crippen LogP contribution in [0.25, 0.3) is 0 Å². The Morgan fingerprint density at radius 2 is 1.70 bits per heavy atom. The van der Waals surface area contributed by atoms with E-state index in [0.29, 0.717) is 0 Å². The van der Waals surface area contributed by atoms with Crippen molar-refractivity contribution < 1.29 is 57.4 Å². The molecule has 0 aliphatic heterocycles. The van der Waals surface area contributed by atoms with Crippen molar-refractivity contribution in [1.82, 2.24) is 4.90 Å². The smallest absolute Gasteiger partial charge is 0.394 e. The predicted molar refractivity (Wildman–Crippen MR) is 124 cm³/mol. The molecule has 202 valence electrons. The van der Waals surface area contributed by atoms with E-state index in [9.17, 15) is 39.9 Å². The number of carbonyl (C=O) groups excluding carboxylic acids is 3. The summed E-state index contributed by atoms with van der Waals surface area (Å²) in [5.74, 6) is -8.18. The number of benzene rings is 1. The molecule has 0 heterocycles. The van der Waals surface area contributed by atoms with Gasteiger partial charge >= 0.3 is 10.4 Å². The van der Waals surface area contributed by atoms with Crippen LogP contribution in [-0.4, -0.2) is 91.2 Å². The van der Waals surface area contributed by atoms with Gasteiger partial charge in [-0.2, -0.15) is 8.42 Å². The number of fused-ring (bicyclic) bond motifs is 3. The van der Waals surface area contributed by atoms with Gasteiger partial charge in [0.1, 0.15) is 22.8 Å². The molecule has 0 fully saturated rings. The summed E-state index contributed by atoms with van der Waals surface area (Å²) in [6, 6.07) is 1.30. The number of hydrogen-bond acceptors (Lipinski definition) is 11. The van der Waals surface area contributed by atoms with Crippen LogP contribution in [0.2, 0.25) is 5.02 Å². The lowest BCUT2D eigenvalue weighted by atomic mass is 9.58. The largest absolute Gasteiger partial charge is 0.510 e. The molecule has 1 aromatic rings. The number of aliphatic hydroxyl groups is 4. The van der Waals surface area contributed by atoms with Gasteiger partial charge in [0.15, 0.2) is 11.4 Å². The molecule has 16 heteroatoms. The molecule has 0 saturated heterocycles. The van der Waals surface area contributed by atoms with Crippen LogP contribution in [0.15, 0.2) is 34.8 Å². The Morgan fingerprint density at radius 1 is 1.16 bits per heavy atom. The fourth-order valence-corrected chi connectivity index (χ4v) is 5.52. The molecule has 14 nitrogen and oxygen atoms in total. The van der Waals surface area contributed by atoms with Gasteiger partial charge in [-0.25, -0.2) is 0 Å². The van der Waals surface area contributed by atoms with Crippen molar-refractivity contribution in [3.05, 3.63) is 50.9 Å². The first-order valence-electron chi connectivity index (χ1n) is 10.4. The highest BCUT2D eigenvalue weighted by molar-refractivity contribution is 7.79. The predicted octanol–water partition coefficient (Wildman–Crippen LogP) is -0.388. The molecule has 0 bridgehead atoms. The van der Waals surface area contributed by atoms with Crippen LogP contribution in [0, 0.1) is 11.8 Å². The number of carbonyl (C=O) groups is 3. The zero-order valence-corrected chi connectivity index (χ0v) is 20.7. The molecule has 1 aromatic carbocycles. The molecule has 3 aliphatic carbocycles. The van der Waals surface area contributed by atoms with E-state index in [1.54, 1.807) is 0 Å². The van der Waals surface area contributed by atoms with Crippen molar-refractivity contribution in [1.29, 1.82) is 0 Å². The number of primary amides is 1. The van der Waals surface area contributed by atoms with E-state index in [4.69, 9.17) is 34.9 Å². The molecule has 3 aliphatic rings. The normalized spacial score (nSPS) is 29.3. The first-order valence-corrected chi connectivity index (χ1v) is 12.2. The number of nitrogens with zero attached hydrogens (tertiary/aromatic N) is 1. The molecule has 5 atom stereocenters. The molecule has 37 heavy (non-hydrogen) atoms. The fraction of sp³-hybridized carbons (Fsp3) is 0.381. The average molecular weight is 563 g/mol. The summed E-state index contributed by atoms with van der Waals surface area (Å²) in [6.07, 6.45) is -1.70. The Labute approximate surface area is 214 Å². The molecule has 4 rings (SSSR count). The number of aromatic hydroxyl groups is 1. The van der Waals surface area contributed by atoms with Gasteiger partial charge in [-0.05, 0) is 32.6 Å². The van der Waals surface area contributed by atoms with Gasteiger partial charge in [0.25, 0.3) is 5.91 Å². The zero-order valence-electron chi connectivity index (χ0n) is 19.2. The van der Waals surface area contributed by atoms with Crippen LogP contribution in [0.3, 0.4) is 0 Å². The monoisotopic (exact) mass is 562 g/mol. The Hall–Kier alpha value is -3.05. The summed E-state index contributed by atoms with van der Waals surface area (Å²) in [5, 5.41) is 54.5. The number of Topliss-reactive ketones (excluding diaryl/α,β-unsaturated/α-hetero) is 2. The minimum atomic E-state index is -4.67. The van der Waals surface area contributed by atoms with E-state index in [-0.39, 0.29) is 22.6 Å². The molecule has 0 radical (unpaired) electrons. The number of hydrogen-bond donors (Lipinski definition) is 8. The Bertz CT molecular complexity index is 1380. The Kier molecular flexibility index (Phi) is 7.21. The van der Waals surface area contributed by atoms with Gasteiger partial charge in [0.05, 0.1) is 17.7 Å². The first kappa shape index (κ1) is 28.5. The molecular weight excluding hydrogens is 540 g/mol. The van der Waals surface area contributed by atoms with Gasteiger partial charge in [-0.3, -0.25) is 28.4 Å². The maximum Gasteiger partial charge on any atom is 0.394 e. The molecule has 0 aromatic heterocycles. The summed E-state index contributed by atoms with van der Waals surface area (Å²) in [5.41, 5.74) is 0.739. The summed E-state index contributed by atoms with van der Waals surface area (Å²) >= 11 is 6.17. The van der Waals surface area contributed by atoms with Crippen molar-refractivity contribution >= 4 is 39.5 Å².